The molecule has 5 N–H and O–H groups in total. The summed E-state index contributed by atoms with van der Waals surface area (Å²) in [6, 6.07) is 2.02. The van der Waals surface area contributed by atoms with Gasteiger partial charge in [-0.1, -0.05) is 18.2 Å². The Morgan fingerprint density at radius 2 is 1.97 bits per heavy atom. The first kappa shape index (κ1) is 23.5. The van der Waals surface area contributed by atoms with Gasteiger partial charge in [-0.25, -0.2) is 13.4 Å². The average molecular weight is 446 g/mol. The number of rotatable bonds is 7. The van der Waals surface area contributed by atoms with Crippen molar-refractivity contribution in [2.75, 3.05) is 18.6 Å². The number of amides is 2. The number of hydrogen-bond acceptors (Lipinski definition) is 6. The third-order valence-corrected chi connectivity index (χ3v) is 5.45. The maximum Gasteiger partial charge on any atom is 0.433 e. The first-order valence-corrected chi connectivity index (χ1v) is 10.8. The molecule has 0 aliphatic heterocycles. The molecule has 0 fully saturated rings. The summed E-state index contributed by atoms with van der Waals surface area (Å²) >= 11 is 0. The first-order chi connectivity index (χ1) is 13.8. The minimum absolute atomic E-state index is 0.0401. The third kappa shape index (κ3) is 5.45. The second-order valence-electron chi connectivity index (χ2n) is 6.90. The van der Waals surface area contributed by atoms with Crippen LogP contribution < -0.4 is 16.8 Å². The Balaban J connectivity index is 2.40. The van der Waals surface area contributed by atoms with E-state index in [9.17, 15) is 31.2 Å². The number of sulfone groups is 1. The molecule has 2 amide bonds. The number of allylic oxidation sites excluding steroid dienone is 2. The maximum absolute atomic E-state index is 13.3. The van der Waals surface area contributed by atoms with E-state index in [2.05, 4.69) is 10.3 Å². The molecule has 1 aliphatic carbocycles. The van der Waals surface area contributed by atoms with Gasteiger partial charge in [-0.05, 0) is 17.7 Å². The smallest absolute Gasteiger partial charge is 0.369 e. The van der Waals surface area contributed by atoms with Gasteiger partial charge in [-0.2, -0.15) is 13.2 Å². The van der Waals surface area contributed by atoms with Crippen LogP contribution in [0, 0.1) is 0 Å². The number of alkyl halides is 3. The lowest BCUT2D eigenvalue weighted by molar-refractivity contribution is -0.141. The van der Waals surface area contributed by atoms with Gasteiger partial charge in [0.25, 0.3) is 0 Å². The molecule has 1 aromatic rings. The zero-order valence-corrected chi connectivity index (χ0v) is 16.8. The van der Waals surface area contributed by atoms with Crippen molar-refractivity contribution >= 4 is 21.7 Å². The first-order valence-electron chi connectivity index (χ1n) is 8.71. The predicted molar refractivity (Wildman–Crippen MR) is 103 cm³/mol. The standard InChI is InChI=1S/C18H21F3N4O4S/c1-30(28,29)6-5-24-15(26)12-3-2-4-17(9-12,16(23)27)13-7-11(10-22)8-14(25-13)18(19,20)21/h2-4,7-8H,5-6,9-10,22H2,1H3,(H2,23,27)(H,24,26). The summed E-state index contributed by atoms with van der Waals surface area (Å²) in [6.45, 7) is -0.396. The summed E-state index contributed by atoms with van der Waals surface area (Å²) in [7, 11) is -3.31. The van der Waals surface area contributed by atoms with E-state index in [0.29, 0.717) is 0 Å². The molecule has 0 saturated heterocycles. The lowest BCUT2D eigenvalue weighted by Gasteiger charge is -2.30. The Hall–Kier alpha value is -2.73. The van der Waals surface area contributed by atoms with E-state index in [1.165, 1.54) is 24.3 Å². The van der Waals surface area contributed by atoms with E-state index >= 15 is 0 Å². The van der Waals surface area contributed by atoms with E-state index in [4.69, 9.17) is 11.5 Å². The fourth-order valence-corrected chi connectivity index (χ4v) is 3.39. The lowest BCUT2D eigenvalue weighted by atomic mass is 9.74. The molecule has 0 spiro atoms. The van der Waals surface area contributed by atoms with E-state index in [-0.39, 0.29) is 42.1 Å². The van der Waals surface area contributed by atoms with E-state index in [1.54, 1.807) is 0 Å². The van der Waals surface area contributed by atoms with Gasteiger partial charge >= 0.3 is 6.18 Å². The number of nitrogens with one attached hydrogen (secondary N) is 1. The number of hydrogen-bond donors (Lipinski definition) is 3. The number of nitrogens with two attached hydrogens (primary N) is 2. The molecular weight excluding hydrogens is 425 g/mol. The maximum atomic E-state index is 13.3. The van der Waals surface area contributed by atoms with Gasteiger partial charge in [0.1, 0.15) is 20.9 Å². The zero-order valence-electron chi connectivity index (χ0n) is 16.0. The predicted octanol–water partition coefficient (Wildman–Crippen LogP) is 0.329. The number of pyridine rings is 1. The Bertz CT molecular complexity index is 1020. The SMILES string of the molecule is CS(=O)(=O)CCNC(=O)C1=CC=CC(C(N)=O)(c2cc(CN)cc(C(F)(F)F)n2)C1. The number of carbonyl (C=O) groups is 2. The minimum Gasteiger partial charge on any atom is -0.369 e. The van der Waals surface area contributed by atoms with Gasteiger partial charge in [0.15, 0.2) is 0 Å². The lowest BCUT2D eigenvalue weighted by Crippen LogP contribution is -2.44. The average Bonchev–Trinajstić information content (AvgIpc) is 2.65. The number of carbonyl (C=O) groups excluding carboxylic acids is 2. The topological polar surface area (TPSA) is 145 Å². The number of nitrogens with zero attached hydrogens (tertiary/aromatic N) is 1. The summed E-state index contributed by atoms with van der Waals surface area (Å²) in [5.41, 5.74) is 7.83. The van der Waals surface area contributed by atoms with E-state index < -0.39 is 38.9 Å². The van der Waals surface area contributed by atoms with Crippen molar-refractivity contribution in [2.45, 2.75) is 24.6 Å². The van der Waals surface area contributed by atoms with E-state index in [0.717, 1.165) is 12.3 Å². The van der Waals surface area contributed by atoms with Crippen LogP contribution in [0.1, 0.15) is 23.4 Å². The molecule has 1 heterocycles. The molecule has 12 heteroatoms. The van der Waals surface area contributed by atoms with Gasteiger partial charge in [0.05, 0.1) is 11.4 Å². The molecule has 8 nitrogen and oxygen atoms in total. The minimum atomic E-state index is -4.78. The van der Waals surface area contributed by atoms with Crippen molar-refractivity contribution < 1.29 is 31.2 Å². The van der Waals surface area contributed by atoms with Crippen molar-refractivity contribution in [3.05, 3.63) is 52.9 Å². The van der Waals surface area contributed by atoms with Gasteiger partial charge in [0.2, 0.25) is 11.8 Å². The van der Waals surface area contributed by atoms with Crippen LogP contribution >= 0.6 is 0 Å². The fraction of sp³-hybridized carbons (Fsp3) is 0.389. The summed E-state index contributed by atoms with van der Waals surface area (Å²) in [5.74, 6) is -1.96. The zero-order chi connectivity index (χ0) is 22.7. The second-order valence-corrected chi connectivity index (χ2v) is 9.16. The van der Waals surface area contributed by atoms with Crippen LogP contribution in [0.3, 0.4) is 0 Å². The normalized spacial score (nSPS) is 19.3. The Morgan fingerprint density at radius 1 is 1.30 bits per heavy atom. The van der Waals surface area contributed by atoms with Crippen molar-refractivity contribution in [1.82, 2.24) is 10.3 Å². The number of halogens is 3. The second kappa shape index (κ2) is 8.56. The summed E-state index contributed by atoms with van der Waals surface area (Å²) in [6.07, 6.45) is -0.140. The van der Waals surface area contributed by atoms with Crippen LogP contribution in [0.2, 0.25) is 0 Å². The van der Waals surface area contributed by atoms with Crippen LogP contribution in [0.25, 0.3) is 0 Å². The molecule has 0 bridgehead atoms. The van der Waals surface area contributed by atoms with Crippen LogP contribution in [0.15, 0.2) is 35.9 Å². The largest absolute Gasteiger partial charge is 0.433 e. The monoisotopic (exact) mass is 446 g/mol. The van der Waals surface area contributed by atoms with Crippen LogP contribution in [0.5, 0.6) is 0 Å². The molecule has 1 unspecified atom stereocenters. The Kier molecular flexibility index (Phi) is 6.72. The highest BCUT2D eigenvalue weighted by molar-refractivity contribution is 7.90. The summed E-state index contributed by atoms with van der Waals surface area (Å²) < 4.78 is 62.1. The van der Waals surface area contributed by atoms with Crippen molar-refractivity contribution in [2.24, 2.45) is 11.5 Å². The van der Waals surface area contributed by atoms with Crippen LogP contribution in [-0.2, 0) is 37.6 Å². The molecule has 1 aromatic heterocycles. The molecular formula is C18H21F3N4O4S. The van der Waals surface area contributed by atoms with Crippen LogP contribution in [0.4, 0.5) is 13.2 Å². The van der Waals surface area contributed by atoms with Gasteiger partial charge < -0.3 is 16.8 Å². The Labute approximate surface area is 171 Å². The Morgan fingerprint density at radius 3 is 2.50 bits per heavy atom. The third-order valence-electron chi connectivity index (χ3n) is 4.51. The van der Waals surface area contributed by atoms with Crippen molar-refractivity contribution in [1.29, 1.82) is 0 Å². The summed E-state index contributed by atoms with van der Waals surface area (Å²) in [5, 5.41) is 2.40. The van der Waals surface area contributed by atoms with Crippen molar-refractivity contribution in [3.63, 3.8) is 0 Å². The van der Waals surface area contributed by atoms with Crippen molar-refractivity contribution in [3.8, 4) is 0 Å². The highest BCUT2D eigenvalue weighted by Crippen LogP contribution is 2.37. The van der Waals surface area contributed by atoms with Gasteiger partial charge in [-0.3, -0.25) is 9.59 Å². The van der Waals surface area contributed by atoms with Crippen LogP contribution in [-0.4, -0.2) is 43.8 Å². The quantitative estimate of drug-likeness (QED) is 0.550. The molecule has 164 valence electrons. The molecule has 0 aromatic carbocycles. The molecule has 2 rings (SSSR count). The van der Waals surface area contributed by atoms with Gasteiger partial charge in [-0.15, -0.1) is 0 Å². The molecule has 0 saturated carbocycles. The highest BCUT2D eigenvalue weighted by Gasteiger charge is 2.43. The highest BCUT2D eigenvalue weighted by atomic mass is 32.2. The fourth-order valence-electron chi connectivity index (χ4n) is 2.92. The molecule has 1 atom stereocenters. The molecule has 1 aliphatic rings. The number of primary amides is 1. The number of aromatic nitrogens is 1. The molecule has 30 heavy (non-hydrogen) atoms. The molecule has 0 radical (unpaired) electrons. The van der Waals surface area contributed by atoms with Gasteiger partial charge in [0, 0.05) is 31.3 Å². The van der Waals surface area contributed by atoms with E-state index in [1.807, 2.05) is 0 Å². The summed E-state index contributed by atoms with van der Waals surface area (Å²) in [4.78, 5) is 28.3.